The molecule has 3 N–H and O–H groups in total. The van der Waals surface area contributed by atoms with Crippen LogP contribution >= 0.6 is 0 Å². The van der Waals surface area contributed by atoms with Crippen molar-refractivity contribution in [3.05, 3.63) is 53.3 Å². The summed E-state index contributed by atoms with van der Waals surface area (Å²) in [5.41, 5.74) is 1.73. The lowest BCUT2D eigenvalue weighted by Crippen LogP contribution is -2.33. The third kappa shape index (κ3) is 4.42. The average Bonchev–Trinajstić information content (AvgIpc) is 2.88. The summed E-state index contributed by atoms with van der Waals surface area (Å²) in [6, 6.07) is 11.1. The molecule has 1 amide bonds. The molecule has 7 heteroatoms. The van der Waals surface area contributed by atoms with Gasteiger partial charge in [0.2, 0.25) is 5.91 Å². The number of aromatic nitrogens is 2. The normalized spacial score (nSPS) is 10.4. The monoisotopic (exact) mass is 302 g/mol. The van der Waals surface area contributed by atoms with Crippen LogP contribution in [0.2, 0.25) is 0 Å². The molecule has 2 aromatic rings. The second kappa shape index (κ2) is 7.37. The number of carbonyl (C=O) groups is 2. The van der Waals surface area contributed by atoms with E-state index in [4.69, 9.17) is 5.11 Å². The van der Waals surface area contributed by atoms with Gasteiger partial charge < -0.3 is 15.7 Å². The van der Waals surface area contributed by atoms with Gasteiger partial charge in [0.05, 0.1) is 12.2 Å². The maximum Gasteiger partial charge on any atom is 0.356 e. The molecule has 0 fully saturated rings. The molecular formula is C15H18N4O3. The minimum atomic E-state index is -1.07. The van der Waals surface area contributed by atoms with Gasteiger partial charge in [-0.1, -0.05) is 30.3 Å². The molecule has 1 aromatic carbocycles. The molecule has 22 heavy (non-hydrogen) atoms. The summed E-state index contributed by atoms with van der Waals surface area (Å²) >= 11 is 0. The van der Waals surface area contributed by atoms with Crippen molar-refractivity contribution in [2.75, 3.05) is 6.54 Å². The SMILES string of the molecule is Cn1nc(C(=O)O)cc1CNCC(=O)NCc1ccccc1. The summed E-state index contributed by atoms with van der Waals surface area (Å²) in [4.78, 5) is 22.5. The average molecular weight is 302 g/mol. The molecular weight excluding hydrogens is 284 g/mol. The number of carboxylic acid groups (broad SMARTS) is 1. The number of rotatable bonds is 7. The van der Waals surface area contributed by atoms with Crippen molar-refractivity contribution in [2.45, 2.75) is 13.1 Å². The summed E-state index contributed by atoms with van der Waals surface area (Å²) < 4.78 is 1.48. The van der Waals surface area contributed by atoms with Gasteiger partial charge >= 0.3 is 5.97 Å². The lowest BCUT2D eigenvalue weighted by Gasteiger charge is -2.07. The molecule has 0 aliphatic rings. The van der Waals surface area contributed by atoms with E-state index in [0.29, 0.717) is 18.8 Å². The Hall–Kier alpha value is -2.67. The van der Waals surface area contributed by atoms with E-state index in [2.05, 4.69) is 15.7 Å². The van der Waals surface area contributed by atoms with Crippen molar-refractivity contribution in [3.63, 3.8) is 0 Å². The first kappa shape index (κ1) is 15.7. The number of amides is 1. The van der Waals surface area contributed by atoms with Gasteiger partial charge in [0.1, 0.15) is 0 Å². The predicted octanol–water partition coefficient (Wildman–Crippen LogP) is 0.524. The predicted molar refractivity (Wildman–Crippen MR) is 80.2 cm³/mol. The Bertz CT molecular complexity index is 652. The van der Waals surface area contributed by atoms with E-state index in [-0.39, 0.29) is 18.1 Å². The molecule has 0 saturated carbocycles. The van der Waals surface area contributed by atoms with Crippen LogP contribution in [0.3, 0.4) is 0 Å². The van der Waals surface area contributed by atoms with Crippen LogP contribution in [0.15, 0.2) is 36.4 Å². The first-order valence-electron chi connectivity index (χ1n) is 6.84. The standard InChI is InChI=1S/C15H18N4O3/c1-19-12(7-13(18-19)15(21)22)9-16-10-14(20)17-8-11-5-3-2-4-6-11/h2-7,16H,8-10H2,1H3,(H,17,20)(H,21,22). The van der Waals surface area contributed by atoms with E-state index in [1.807, 2.05) is 30.3 Å². The molecule has 0 aliphatic heterocycles. The van der Waals surface area contributed by atoms with E-state index in [9.17, 15) is 9.59 Å². The van der Waals surface area contributed by atoms with Crippen LogP contribution in [-0.2, 0) is 24.9 Å². The topological polar surface area (TPSA) is 96.2 Å². The second-order valence-electron chi connectivity index (χ2n) is 4.82. The Morgan fingerprint density at radius 3 is 2.59 bits per heavy atom. The minimum absolute atomic E-state index is 0.00664. The zero-order valence-electron chi connectivity index (χ0n) is 12.2. The maximum atomic E-state index is 11.7. The van der Waals surface area contributed by atoms with E-state index >= 15 is 0 Å². The van der Waals surface area contributed by atoms with Crippen molar-refractivity contribution >= 4 is 11.9 Å². The van der Waals surface area contributed by atoms with Crippen molar-refractivity contribution in [3.8, 4) is 0 Å². The van der Waals surface area contributed by atoms with E-state index in [1.165, 1.54) is 10.7 Å². The Labute approximate surface area is 128 Å². The quantitative estimate of drug-likeness (QED) is 0.693. The first-order valence-corrected chi connectivity index (χ1v) is 6.84. The molecule has 0 bridgehead atoms. The number of aryl methyl sites for hydroxylation is 1. The van der Waals surface area contributed by atoms with Crippen LogP contribution in [0, 0.1) is 0 Å². The van der Waals surface area contributed by atoms with Gasteiger partial charge in [-0.25, -0.2) is 4.79 Å². The summed E-state index contributed by atoms with van der Waals surface area (Å²) in [7, 11) is 1.67. The Balaban J connectivity index is 1.74. The molecule has 0 spiro atoms. The number of hydrogen-bond donors (Lipinski definition) is 3. The third-order valence-corrected chi connectivity index (χ3v) is 3.12. The van der Waals surface area contributed by atoms with E-state index < -0.39 is 5.97 Å². The van der Waals surface area contributed by atoms with Gasteiger partial charge in [-0.05, 0) is 11.6 Å². The minimum Gasteiger partial charge on any atom is -0.476 e. The second-order valence-corrected chi connectivity index (χ2v) is 4.82. The number of benzene rings is 1. The number of carboxylic acids is 1. The number of nitrogens with one attached hydrogen (secondary N) is 2. The van der Waals surface area contributed by atoms with Crippen LogP contribution in [0.25, 0.3) is 0 Å². The molecule has 0 radical (unpaired) electrons. The van der Waals surface area contributed by atoms with Gasteiger partial charge in [0.25, 0.3) is 0 Å². The molecule has 0 saturated heterocycles. The fourth-order valence-electron chi connectivity index (χ4n) is 1.94. The van der Waals surface area contributed by atoms with Crippen molar-refractivity contribution < 1.29 is 14.7 Å². The molecule has 0 unspecified atom stereocenters. The Kier molecular flexibility index (Phi) is 5.26. The number of aromatic carboxylic acids is 1. The third-order valence-electron chi connectivity index (χ3n) is 3.12. The number of nitrogens with zero attached hydrogens (tertiary/aromatic N) is 2. The summed E-state index contributed by atoms with van der Waals surface area (Å²) in [5, 5.41) is 18.5. The first-order chi connectivity index (χ1) is 10.6. The Morgan fingerprint density at radius 2 is 1.95 bits per heavy atom. The Morgan fingerprint density at radius 1 is 1.23 bits per heavy atom. The lowest BCUT2D eigenvalue weighted by molar-refractivity contribution is -0.120. The summed E-state index contributed by atoms with van der Waals surface area (Å²) in [6.45, 7) is 1.01. The van der Waals surface area contributed by atoms with E-state index in [1.54, 1.807) is 7.05 Å². The van der Waals surface area contributed by atoms with Crippen LogP contribution < -0.4 is 10.6 Å². The number of carbonyl (C=O) groups excluding carboxylic acids is 1. The highest BCUT2D eigenvalue weighted by Gasteiger charge is 2.11. The fraction of sp³-hybridized carbons (Fsp3) is 0.267. The fourth-order valence-corrected chi connectivity index (χ4v) is 1.94. The van der Waals surface area contributed by atoms with Crippen molar-refractivity contribution in [1.29, 1.82) is 0 Å². The highest BCUT2D eigenvalue weighted by Crippen LogP contribution is 2.02. The zero-order valence-corrected chi connectivity index (χ0v) is 12.2. The van der Waals surface area contributed by atoms with Gasteiger partial charge in [0.15, 0.2) is 5.69 Å². The molecule has 116 valence electrons. The molecule has 7 nitrogen and oxygen atoms in total. The van der Waals surface area contributed by atoms with E-state index in [0.717, 1.165) is 5.56 Å². The molecule has 0 aliphatic carbocycles. The zero-order chi connectivity index (χ0) is 15.9. The molecule has 2 rings (SSSR count). The van der Waals surface area contributed by atoms with Crippen LogP contribution in [0.1, 0.15) is 21.7 Å². The van der Waals surface area contributed by atoms with Crippen LogP contribution in [-0.4, -0.2) is 33.3 Å². The highest BCUT2D eigenvalue weighted by molar-refractivity contribution is 5.85. The largest absolute Gasteiger partial charge is 0.476 e. The molecule has 1 aromatic heterocycles. The summed E-state index contributed by atoms with van der Waals surface area (Å²) in [6.07, 6.45) is 0. The summed E-state index contributed by atoms with van der Waals surface area (Å²) in [5.74, 6) is -1.19. The smallest absolute Gasteiger partial charge is 0.356 e. The number of hydrogen-bond acceptors (Lipinski definition) is 4. The van der Waals surface area contributed by atoms with Crippen LogP contribution in [0.5, 0.6) is 0 Å². The van der Waals surface area contributed by atoms with Gasteiger partial charge in [0, 0.05) is 20.1 Å². The van der Waals surface area contributed by atoms with Gasteiger partial charge in [-0.2, -0.15) is 5.10 Å². The van der Waals surface area contributed by atoms with Crippen LogP contribution in [0.4, 0.5) is 0 Å². The van der Waals surface area contributed by atoms with Crippen molar-refractivity contribution in [1.82, 2.24) is 20.4 Å². The highest BCUT2D eigenvalue weighted by atomic mass is 16.4. The van der Waals surface area contributed by atoms with Crippen molar-refractivity contribution in [2.24, 2.45) is 7.05 Å². The maximum absolute atomic E-state index is 11.7. The van der Waals surface area contributed by atoms with Gasteiger partial charge in [-0.3, -0.25) is 9.48 Å². The van der Waals surface area contributed by atoms with Gasteiger partial charge in [-0.15, -0.1) is 0 Å². The lowest BCUT2D eigenvalue weighted by atomic mass is 10.2. The molecule has 1 heterocycles. The molecule has 0 atom stereocenters.